The van der Waals surface area contributed by atoms with Gasteiger partial charge in [0.05, 0.1) is 36.0 Å². The number of benzene rings is 1. The zero-order valence-electron chi connectivity index (χ0n) is 20.5. The van der Waals surface area contributed by atoms with Gasteiger partial charge in [0.1, 0.15) is 11.9 Å². The lowest BCUT2D eigenvalue weighted by molar-refractivity contribution is -0.128. The summed E-state index contributed by atoms with van der Waals surface area (Å²) in [4.78, 5) is 18.3. The number of para-hydroxylation sites is 1. The number of nitrogens with zero attached hydrogens (tertiary/aromatic N) is 3. The van der Waals surface area contributed by atoms with E-state index in [4.69, 9.17) is 0 Å². The number of hydrogen-bond donors (Lipinski definition) is 3. The van der Waals surface area contributed by atoms with Crippen molar-refractivity contribution in [2.45, 2.75) is 31.2 Å². The van der Waals surface area contributed by atoms with E-state index in [2.05, 4.69) is 32.8 Å². The Morgan fingerprint density at radius 2 is 1.95 bits per heavy atom. The Bertz CT molecular complexity index is 1330. The highest BCUT2D eigenvalue weighted by Gasteiger charge is 2.32. The number of likely N-dealkylation sites (tertiary alicyclic amines) is 1. The molecule has 0 aliphatic carbocycles. The molecule has 0 bridgehead atoms. The highest BCUT2D eigenvalue weighted by atomic mass is 19.4. The molecule has 7 nitrogen and oxygen atoms in total. The molecule has 0 radical (unpaired) electrons. The summed E-state index contributed by atoms with van der Waals surface area (Å²) >= 11 is 0. The van der Waals surface area contributed by atoms with Crippen LogP contribution < -0.4 is 16.0 Å². The van der Waals surface area contributed by atoms with Crippen molar-refractivity contribution in [1.82, 2.24) is 19.6 Å². The Kier molecular flexibility index (Phi) is 7.88. The Hall–Kier alpha value is -3.78. The maximum absolute atomic E-state index is 14.6. The number of pyridine rings is 1. The van der Waals surface area contributed by atoms with Gasteiger partial charge in [-0.15, -0.1) is 0 Å². The first-order chi connectivity index (χ1) is 17.7. The minimum absolute atomic E-state index is 0.00635. The molecule has 1 aromatic carbocycles. The van der Waals surface area contributed by atoms with Gasteiger partial charge in [-0.2, -0.15) is 13.2 Å². The Morgan fingerprint density at radius 1 is 1.19 bits per heavy atom. The Morgan fingerprint density at radius 3 is 2.68 bits per heavy atom. The third kappa shape index (κ3) is 6.32. The second kappa shape index (κ2) is 11.1. The lowest BCUT2D eigenvalue weighted by Crippen LogP contribution is -2.46. The van der Waals surface area contributed by atoms with Crippen LogP contribution in [0, 0.1) is 11.8 Å². The van der Waals surface area contributed by atoms with Gasteiger partial charge in [0.25, 0.3) is 5.91 Å². The Balaban J connectivity index is 1.61. The lowest BCUT2D eigenvalue weighted by atomic mass is 10.0. The van der Waals surface area contributed by atoms with Crippen molar-refractivity contribution in [2.75, 3.05) is 44.4 Å². The molecule has 3 N–H and O–H groups in total. The molecule has 0 spiro atoms. The van der Waals surface area contributed by atoms with Gasteiger partial charge in [0, 0.05) is 32.0 Å². The van der Waals surface area contributed by atoms with E-state index in [0.717, 1.165) is 0 Å². The molecule has 4 rings (SSSR count). The zero-order chi connectivity index (χ0) is 26.6. The molecule has 0 unspecified atom stereocenters. The summed E-state index contributed by atoms with van der Waals surface area (Å²) in [6, 6.07) is 9.66. The molecule has 2 atom stereocenters. The molecule has 1 amide bonds. The molecular weight excluding hydrogens is 488 g/mol. The van der Waals surface area contributed by atoms with Crippen LogP contribution in [-0.4, -0.2) is 72.3 Å². The van der Waals surface area contributed by atoms with Gasteiger partial charge in [-0.1, -0.05) is 18.1 Å². The fraction of sp³-hybridized carbons (Fsp3) is 0.385. The van der Waals surface area contributed by atoms with Crippen LogP contribution in [0.3, 0.4) is 0 Å². The number of aromatic nitrogens is 2. The van der Waals surface area contributed by atoms with Crippen molar-refractivity contribution in [3.63, 3.8) is 0 Å². The first-order valence-corrected chi connectivity index (χ1v) is 11.9. The maximum Gasteiger partial charge on any atom is 0.394 e. The zero-order valence-corrected chi connectivity index (χ0v) is 20.5. The van der Waals surface area contributed by atoms with Crippen LogP contribution >= 0.6 is 0 Å². The summed E-state index contributed by atoms with van der Waals surface area (Å²) in [5, 5.41) is 8.72. The summed E-state index contributed by atoms with van der Waals surface area (Å²) in [6.45, 7) is 1.07. The number of hydrogen-bond acceptors (Lipinski definition) is 5. The number of imidazole rings is 1. The summed E-state index contributed by atoms with van der Waals surface area (Å²) in [6.07, 6.45) is -4.75. The molecular formula is C26H28F4N6O. The molecule has 37 heavy (non-hydrogen) atoms. The first-order valence-electron chi connectivity index (χ1n) is 11.9. The van der Waals surface area contributed by atoms with Gasteiger partial charge < -0.3 is 25.3 Å². The van der Waals surface area contributed by atoms with E-state index < -0.39 is 24.8 Å². The molecule has 0 saturated carbocycles. The van der Waals surface area contributed by atoms with Gasteiger partial charge in [-0.05, 0) is 43.7 Å². The number of halogens is 4. The predicted molar refractivity (Wildman–Crippen MR) is 135 cm³/mol. The van der Waals surface area contributed by atoms with Crippen molar-refractivity contribution < 1.29 is 22.4 Å². The quantitative estimate of drug-likeness (QED) is 0.344. The number of amides is 1. The number of nitrogens with one attached hydrogen (secondary N) is 3. The van der Waals surface area contributed by atoms with E-state index in [-0.39, 0.29) is 36.0 Å². The molecule has 1 aliphatic heterocycles. The second-order valence-corrected chi connectivity index (χ2v) is 8.91. The second-order valence-electron chi connectivity index (χ2n) is 8.91. The monoisotopic (exact) mass is 516 g/mol. The van der Waals surface area contributed by atoms with Crippen molar-refractivity contribution in [3.05, 3.63) is 59.5 Å². The number of rotatable bonds is 6. The number of carbonyl (C=O) groups excluding carboxylic acids is 1. The standard InChI is InChI=1S/C26H28F4N6O/c1-31-25(37)17-7-3-4-8-19(17)32-12-5-9-21-23(15-26(28,29)30)36-13-6-10-22(24(36)34-21)33-20-11-14-35(2)16-18(20)27/h3-4,6-8,10,13,18,20,32-33H,11-12,14-16H2,1-2H3,(H,31,37)/t18-,20+/m0/s1. The third-order valence-electron chi connectivity index (χ3n) is 6.18. The molecule has 3 heterocycles. The minimum atomic E-state index is -4.47. The van der Waals surface area contributed by atoms with E-state index in [1.807, 2.05) is 11.9 Å². The maximum atomic E-state index is 14.6. The fourth-order valence-corrected chi connectivity index (χ4v) is 4.34. The average molecular weight is 517 g/mol. The van der Waals surface area contributed by atoms with E-state index in [9.17, 15) is 22.4 Å². The smallest absolute Gasteiger partial charge is 0.376 e. The largest absolute Gasteiger partial charge is 0.394 e. The molecule has 2 aromatic heterocycles. The van der Waals surface area contributed by atoms with E-state index in [0.29, 0.717) is 29.9 Å². The van der Waals surface area contributed by atoms with Crippen molar-refractivity contribution in [2.24, 2.45) is 0 Å². The summed E-state index contributed by atoms with van der Waals surface area (Å²) in [7, 11) is 3.37. The van der Waals surface area contributed by atoms with Crippen LogP contribution in [0.2, 0.25) is 0 Å². The average Bonchev–Trinajstić information content (AvgIpc) is 3.20. The highest BCUT2D eigenvalue weighted by Crippen LogP contribution is 2.28. The predicted octanol–water partition coefficient (Wildman–Crippen LogP) is 3.72. The number of fused-ring (bicyclic) bond motifs is 1. The van der Waals surface area contributed by atoms with Gasteiger partial charge in [-0.25, -0.2) is 9.37 Å². The molecule has 1 saturated heterocycles. The number of alkyl halides is 4. The topological polar surface area (TPSA) is 73.7 Å². The van der Waals surface area contributed by atoms with E-state index in [1.54, 1.807) is 36.4 Å². The first kappa shape index (κ1) is 26.3. The summed E-state index contributed by atoms with van der Waals surface area (Å²) in [5.41, 5.74) is 1.58. The Labute approximate surface area is 212 Å². The van der Waals surface area contributed by atoms with E-state index >= 15 is 0 Å². The van der Waals surface area contributed by atoms with E-state index in [1.165, 1.54) is 17.6 Å². The molecule has 1 fully saturated rings. The van der Waals surface area contributed by atoms with Crippen LogP contribution in [-0.2, 0) is 6.42 Å². The van der Waals surface area contributed by atoms with Crippen LogP contribution in [0.4, 0.5) is 28.9 Å². The number of anilines is 2. The molecule has 11 heteroatoms. The van der Waals surface area contributed by atoms with Gasteiger partial charge >= 0.3 is 6.18 Å². The van der Waals surface area contributed by atoms with Crippen molar-refractivity contribution in [1.29, 1.82) is 0 Å². The van der Waals surface area contributed by atoms with Gasteiger partial charge in [0.2, 0.25) is 0 Å². The minimum Gasteiger partial charge on any atom is -0.376 e. The molecule has 1 aliphatic rings. The highest BCUT2D eigenvalue weighted by molar-refractivity contribution is 5.99. The number of piperidine rings is 1. The molecule has 196 valence electrons. The van der Waals surface area contributed by atoms with Crippen LogP contribution in [0.15, 0.2) is 42.6 Å². The summed E-state index contributed by atoms with van der Waals surface area (Å²) < 4.78 is 56.3. The number of carbonyl (C=O) groups is 1. The summed E-state index contributed by atoms with van der Waals surface area (Å²) in [5.74, 6) is 5.29. The van der Waals surface area contributed by atoms with Crippen molar-refractivity contribution in [3.8, 4) is 11.8 Å². The van der Waals surface area contributed by atoms with Crippen LogP contribution in [0.1, 0.15) is 28.2 Å². The van der Waals surface area contributed by atoms with Gasteiger partial charge in [0.15, 0.2) is 5.65 Å². The normalized spacial score (nSPS) is 18.2. The third-order valence-corrected chi connectivity index (χ3v) is 6.18. The van der Waals surface area contributed by atoms with Crippen LogP contribution in [0.25, 0.3) is 5.65 Å². The SMILES string of the molecule is CNC(=O)c1ccccc1NCC#Cc1nc2c(N[C@@H]3CCN(C)C[C@@H]3F)cccn2c1CC(F)(F)F. The van der Waals surface area contributed by atoms with Crippen LogP contribution in [0.5, 0.6) is 0 Å². The lowest BCUT2D eigenvalue weighted by Gasteiger charge is -2.33. The van der Waals surface area contributed by atoms with Crippen molar-refractivity contribution >= 4 is 22.9 Å². The van der Waals surface area contributed by atoms with Gasteiger partial charge in [-0.3, -0.25) is 4.79 Å². The fourth-order valence-electron chi connectivity index (χ4n) is 4.34. The molecule has 3 aromatic rings.